The first-order valence-corrected chi connectivity index (χ1v) is 7.20. The number of aryl methyl sites for hydroxylation is 2. The topological polar surface area (TPSA) is 12.9 Å². The molecule has 0 amide bonds. The van der Waals surface area contributed by atoms with Crippen LogP contribution in [0.2, 0.25) is 0 Å². The summed E-state index contributed by atoms with van der Waals surface area (Å²) in [5.41, 5.74) is 4.21. The van der Waals surface area contributed by atoms with Crippen LogP contribution >= 0.6 is 11.3 Å². The third-order valence-corrected chi connectivity index (χ3v) is 4.89. The molecule has 1 aliphatic rings. The molecule has 0 aliphatic heterocycles. The van der Waals surface area contributed by atoms with E-state index in [1.165, 1.54) is 40.6 Å². The highest BCUT2D eigenvalue weighted by atomic mass is 32.1. The van der Waals surface area contributed by atoms with Crippen LogP contribution in [0.15, 0.2) is 42.6 Å². The number of nitrogens with zero attached hydrogens (tertiary/aromatic N) is 1. The molecule has 0 unspecified atom stereocenters. The standard InChI is InChI=1S/C16H13NS/c1-2-5-11(6-3-1)12-9-10-17-16-15(12)13-7-4-8-14(13)18-16/h1-3,5-6,9-10H,4,7-8H2. The molecule has 0 atom stereocenters. The van der Waals surface area contributed by atoms with Crippen molar-refractivity contribution in [3.8, 4) is 11.1 Å². The molecule has 2 heteroatoms. The minimum Gasteiger partial charge on any atom is -0.245 e. The Labute approximate surface area is 110 Å². The monoisotopic (exact) mass is 251 g/mol. The summed E-state index contributed by atoms with van der Waals surface area (Å²) < 4.78 is 0. The van der Waals surface area contributed by atoms with Crippen LogP contribution in [0.1, 0.15) is 16.9 Å². The first-order chi connectivity index (χ1) is 8.93. The van der Waals surface area contributed by atoms with Gasteiger partial charge < -0.3 is 0 Å². The summed E-state index contributed by atoms with van der Waals surface area (Å²) in [6.07, 6.45) is 5.71. The van der Waals surface area contributed by atoms with Crippen molar-refractivity contribution in [3.05, 3.63) is 53.0 Å². The molecule has 0 bridgehead atoms. The number of hydrogen-bond donors (Lipinski definition) is 0. The van der Waals surface area contributed by atoms with Crippen LogP contribution < -0.4 is 0 Å². The van der Waals surface area contributed by atoms with Gasteiger partial charge in [0.05, 0.1) is 0 Å². The summed E-state index contributed by atoms with van der Waals surface area (Å²) in [4.78, 5) is 7.31. The Morgan fingerprint density at radius 1 is 1.00 bits per heavy atom. The minimum absolute atomic E-state index is 1.21. The van der Waals surface area contributed by atoms with E-state index in [4.69, 9.17) is 0 Å². The van der Waals surface area contributed by atoms with Gasteiger partial charge in [-0.25, -0.2) is 4.98 Å². The van der Waals surface area contributed by atoms with Crippen molar-refractivity contribution in [1.29, 1.82) is 0 Å². The summed E-state index contributed by atoms with van der Waals surface area (Å²) in [5.74, 6) is 0. The number of fused-ring (bicyclic) bond motifs is 3. The first-order valence-electron chi connectivity index (χ1n) is 6.38. The fourth-order valence-electron chi connectivity index (χ4n) is 2.88. The minimum atomic E-state index is 1.21. The lowest BCUT2D eigenvalue weighted by atomic mass is 10.0. The third kappa shape index (κ3) is 1.42. The van der Waals surface area contributed by atoms with Gasteiger partial charge in [0.15, 0.2) is 0 Å². The highest BCUT2D eigenvalue weighted by molar-refractivity contribution is 7.19. The van der Waals surface area contributed by atoms with E-state index in [0.29, 0.717) is 0 Å². The summed E-state index contributed by atoms with van der Waals surface area (Å²) in [6.45, 7) is 0. The Balaban J connectivity index is 2.06. The van der Waals surface area contributed by atoms with Crippen molar-refractivity contribution >= 4 is 21.6 Å². The van der Waals surface area contributed by atoms with E-state index < -0.39 is 0 Å². The lowest BCUT2D eigenvalue weighted by molar-refractivity contribution is 0.917. The second kappa shape index (κ2) is 3.92. The van der Waals surface area contributed by atoms with Gasteiger partial charge in [0, 0.05) is 16.5 Å². The molecule has 1 aliphatic carbocycles. The number of hydrogen-bond acceptors (Lipinski definition) is 2. The zero-order valence-electron chi connectivity index (χ0n) is 10.0. The normalized spacial score (nSPS) is 14.0. The predicted octanol–water partition coefficient (Wildman–Crippen LogP) is 4.45. The molecule has 1 aromatic carbocycles. The molecule has 0 N–H and O–H groups in total. The number of rotatable bonds is 1. The fraction of sp³-hybridized carbons (Fsp3) is 0.188. The fourth-order valence-corrected chi connectivity index (χ4v) is 4.14. The molecule has 2 aromatic heterocycles. The van der Waals surface area contributed by atoms with Gasteiger partial charge in [0.25, 0.3) is 0 Å². The molecule has 0 saturated heterocycles. The third-order valence-electron chi connectivity index (χ3n) is 3.69. The van der Waals surface area contributed by atoms with Crippen LogP contribution in [0.25, 0.3) is 21.3 Å². The Kier molecular flexibility index (Phi) is 2.24. The van der Waals surface area contributed by atoms with Crippen molar-refractivity contribution in [1.82, 2.24) is 4.98 Å². The number of benzene rings is 1. The van der Waals surface area contributed by atoms with E-state index >= 15 is 0 Å². The Morgan fingerprint density at radius 2 is 1.89 bits per heavy atom. The van der Waals surface area contributed by atoms with E-state index in [9.17, 15) is 0 Å². The van der Waals surface area contributed by atoms with Gasteiger partial charge in [-0.05, 0) is 42.0 Å². The maximum atomic E-state index is 4.55. The molecule has 88 valence electrons. The highest BCUT2D eigenvalue weighted by Gasteiger charge is 2.20. The average molecular weight is 251 g/mol. The van der Waals surface area contributed by atoms with Crippen molar-refractivity contribution in [2.24, 2.45) is 0 Å². The summed E-state index contributed by atoms with van der Waals surface area (Å²) >= 11 is 1.88. The number of aromatic nitrogens is 1. The van der Waals surface area contributed by atoms with Gasteiger partial charge in [0.1, 0.15) is 4.83 Å². The zero-order valence-corrected chi connectivity index (χ0v) is 10.8. The second-order valence-corrected chi connectivity index (χ2v) is 5.85. The molecular formula is C16H13NS. The van der Waals surface area contributed by atoms with E-state index in [1.807, 2.05) is 17.5 Å². The lowest BCUT2D eigenvalue weighted by Gasteiger charge is -2.04. The molecule has 0 fully saturated rings. The molecule has 3 aromatic rings. The lowest BCUT2D eigenvalue weighted by Crippen LogP contribution is -1.84. The molecule has 0 saturated carbocycles. The van der Waals surface area contributed by atoms with Gasteiger partial charge in [-0.15, -0.1) is 11.3 Å². The molecule has 1 nitrogen and oxygen atoms in total. The van der Waals surface area contributed by atoms with E-state index in [0.717, 1.165) is 0 Å². The number of pyridine rings is 1. The van der Waals surface area contributed by atoms with Gasteiger partial charge in [-0.1, -0.05) is 30.3 Å². The summed E-state index contributed by atoms with van der Waals surface area (Å²) in [5, 5.41) is 1.40. The van der Waals surface area contributed by atoms with E-state index in [1.54, 1.807) is 10.4 Å². The first kappa shape index (κ1) is 10.3. The quantitative estimate of drug-likeness (QED) is 0.622. The predicted molar refractivity (Wildman–Crippen MR) is 77.1 cm³/mol. The molecule has 2 heterocycles. The van der Waals surface area contributed by atoms with E-state index in [2.05, 4.69) is 41.4 Å². The smallest absolute Gasteiger partial charge is 0.124 e. The molecular weight excluding hydrogens is 238 g/mol. The van der Waals surface area contributed by atoms with Crippen LogP contribution in [0.4, 0.5) is 0 Å². The van der Waals surface area contributed by atoms with Crippen LogP contribution in [-0.4, -0.2) is 4.98 Å². The van der Waals surface area contributed by atoms with Gasteiger partial charge in [-0.3, -0.25) is 0 Å². The molecule has 4 rings (SSSR count). The summed E-state index contributed by atoms with van der Waals surface area (Å²) in [6, 6.07) is 12.8. The Bertz CT molecular complexity index is 713. The largest absolute Gasteiger partial charge is 0.245 e. The van der Waals surface area contributed by atoms with Crippen molar-refractivity contribution in [2.75, 3.05) is 0 Å². The number of thiophene rings is 1. The van der Waals surface area contributed by atoms with Gasteiger partial charge in [-0.2, -0.15) is 0 Å². The van der Waals surface area contributed by atoms with Crippen LogP contribution in [0.3, 0.4) is 0 Å². The maximum absolute atomic E-state index is 4.55. The molecule has 18 heavy (non-hydrogen) atoms. The van der Waals surface area contributed by atoms with Crippen LogP contribution in [-0.2, 0) is 12.8 Å². The van der Waals surface area contributed by atoms with Gasteiger partial charge >= 0.3 is 0 Å². The van der Waals surface area contributed by atoms with Crippen molar-refractivity contribution in [3.63, 3.8) is 0 Å². The second-order valence-electron chi connectivity index (χ2n) is 4.76. The van der Waals surface area contributed by atoms with Gasteiger partial charge in [0.2, 0.25) is 0 Å². The average Bonchev–Trinajstić information content (AvgIpc) is 2.99. The molecule has 0 radical (unpaired) electrons. The van der Waals surface area contributed by atoms with E-state index in [-0.39, 0.29) is 0 Å². The highest BCUT2D eigenvalue weighted by Crippen LogP contribution is 2.40. The SMILES string of the molecule is c1ccc(-c2ccnc3sc4c(c23)CCC4)cc1. The zero-order chi connectivity index (χ0) is 11.9. The maximum Gasteiger partial charge on any atom is 0.124 e. The van der Waals surface area contributed by atoms with Crippen molar-refractivity contribution < 1.29 is 0 Å². The van der Waals surface area contributed by atoms with Crippen LogP contribution in [0, 0.1) is 0 Å². The van der Waals surface area contributed by atoms with Crippen molar-refractivity contribution in [2.45, 2.75) is 19.3 Å². The Morgan fingerprint density at radius 3 is 2.78 bits per heavy atom. The Hall–Kier alpha value is -1.67. The van der Waals surface area contributed by atoms with Crippen LogP contribution in [0.5, 0.6) is 0 Å². The summed E-state index contributed by atoms with van der Waals surface area (Å²) in [7, 11) is 0. The molecule has 0 spiro atoms.